The zero-order valence-corrected chi connectivity index (χ0v) is 14.1. The lowest BCUT2D eigenvalue weighted by atomic mass is 9.97. The van der Waals surface area contributed by atoms with Gasteiger partial charge in [-0.1, -0.05) is 11.6 Å². The zero-order valence-electron chi connectivity index (χ0n) is 12.5. The Labute approximate surface area is 137 Å². The maximum atomic E-state index is 6.16. The molecular weight excluding hydrogens is 304 g/mol. The fourth-order valence-corrected chi connectivity index (χ4v) is 2.85. The summed E-state index contributed by atoms with van der Waals surface area (Å²) in [6.07, 6.45) is 2.35. The van der Waals surface area contributed by atoms with E-state index in [4.69, 9.17) is 16.3 Å². The van der Waals surface area contributed by atoms with Crippen LogP contribution < -0.4 is 4.74 Å². The third kappa shape index (κ3) is 4.79. The molecule has 0 spiro atoms. The minimum absolute atomic E-state index is 0.591. The number of likely N-dealkylation sites (tertiary alicyclic amines) is 1. The van der Waals surface area contributed by atoms with Crippen LogP contribution in [0.1, 0.15) is 26.7 Å². The van der Waals surface area contributed by atoms with Gasteiger partial charge in [-0.15, -0.1) is 0 Å². The van der Waals surface area contributed by atoms with Crippen LogP contribution in [0.2, 0.25) is 5.02 Å². The molecule has 0 atom stereocenters. The average molecular weight is 325 g/mol. The van der Waals surface area contributed by atoms with Crippen molar-refractivity contribution in [2.75, 3.05) is 19.7 Å². The van der Waals surface area contributed by atoms with E-state index in [0.29, 0.717) is 29.3 Å². The summed E-state index contributed by atoms with van der Waals surface area (Å²) in [6.45, 7) is 7.50. The van der Waals surface area contributed by atoms with Crippen LogP contribution in [-0.2, 0) is 0 Å². The summed E-state index contributed by atoms with van der Waals surface area (Å²) in [4.78, 5) is 6.46. The first-order chi connectivity index (χ1) is 10.1. The van der Waals surface area contributed by atoms with Gasteiger partial charge in [0.05, 0.1) is 22.5 Å². The Morgan fingerprint density at radius 3 is 2.76 bits per heavy atom. The summed E-state index contributed by atoms with van der Waals surface area (Å²) in [5.41, 5.74) is 0.721. The summed E-state index contributed by atoms with van der Waals surface area (Å²) < 4.78 is 5.89. The number of benzene rings is 1. The molecule has 1 fully saturated rings. The van der Waals surface area contributed by atoms with Gasteiger partial charge in [0.25, 0.3) is 0 Å². The standard InChI is InChI=1S/C16H21ClN2OS/c1-12(2)19-7-5-13(6-8-19)10-20-16-9-14(18-11-21)3-4-15(16)17/h3-4,9,12-13H,5-8,10H2,1-2H3. The summed E-state index contributed by atoms with van der Waals surface area (Å²) in [5, 5.41) is 2.96. The third-order valence-corrected chi connectivity index (χ3v) is 4.35. The van der Waals surface area contributed by atoms with Crippen molar-refractivity contribution in [3.63, 3.8) is 0 Å². The van der Waals surface area contributed by atoms with Crippen molar-refractivity contribution in [3.05, 3.63) is 23.2 Å². The molecule has 0 N–H and O–H groups in total. The molecule has 1 aliphatic rings. The summed E-state index contributed by atoms with van der Waals surface area (Å²) in [7, 11) is 0. The van der Waals surface area contributed by atoms with Crippen LogP contribution in [0.5, 0.6) is 5.75 Å². The highest BCUT2D eigenvalue weighted by atomic mass is 35.5. The second-order valence-corrected chi connectivity index (χ2v) is 6.29. The number of nitrogens with zero attached hydrogens (tertiary/aromatic N) is 2. The normalized spacial score (nSPS) is 16.8. The van der Waals surface area contributed by atoms with Gasteiger partial charge in [-0.3, -0.25) is 0 Å². The van der Waals surface area contributed by atoms with Gasteiger partial charge in [0, 0.05) is 12.1 Å². The second-order valence-electron chi connectivity index (χ2n) is 5.70. The number of hydrogen-bond acceptors (Lipinski definition) is 4. The highest BCUT2D eigenvalue weighted by Gasteiger charge is 2.21. The van der Waals surface area contributed by atoms with E-state index in [1.165, 1.54) is 12.8 Å². The van der Waals surface area contributed by atoms with Gasteiger partial charge in [-0.05, 0) is 70.0 Å². The van der Waals surface area contributed by atoms with Crippen LogP contribution in [0.15, 0.2) is 23.2 Å². The molecule has 1 heterocycles. The molecule has 0 amide bonds. The van der Waals surface area contributed by atoms with Crippen LogP contribution >= 0.6 is 23.8 Å². The minimum Gasteiger partial charge on any atom is -0.492 e. The van der Waals surface area contributed by atoms with Crippen LogP contribution in [0.3, 0.4) is 0 Å². The smallest absolute Gasteiger partial charge is 0.140 e. The van der Waals surface area contributed by atoms with Crippen LogP contribution in [0.25, 0.3) is 0 Å². The van der Waals surface area contributed by atoms with E-state index in [1.54, 1.807) is 12.1 Å². The highest BCUT2D eigenvalue weighted by Crippen LogP contribution is 2.30. The topological polar surface area (TPSA) is 24.8 Å². The number of ether oxygens (including phenoxy) is 1. The molecule has 0 aliphatic carbocycles. The lowest BCUT2D eigenvalue weighted by Gasteiger charge is -2.34. The van der Waals surface area contributed by atoms with Gasteiger partial charge >= 0.3 is 0 Å². The predicted molar refractivity (Wildman–Crippen MR) is 91.1 cm³/mol. The molecular formula is C16H21ClN2OS. The van der Waals surface area contributed by atoms with Gasteiger partial charge in [-0.2, -0.15) is 4.99 Å². The zero-order chi connectivity index (χ0) is 15.2. The van der Waals surface area contributed by atoms with Crippen LogP contribution in [0.4, 0.5) is 5.69 Å². The molecule has 0 radical (unpaired) electrons. The molecule has 0 aromatic heterocycles. The first-order valence-electron chi connectivity index (χ1n) is 7.34. The SMILES string of the molecule is CC(C)N1CCC(COc2cc(N=C=S)ccc2Cl)CC1. The molecule has 2 rings (SSSR count). The minimum atomic E-state index is 0.591. The Bertz CT molecular complexity index is 521. The third-order valence-electron chi connectivity index (χ3n) is 3.94. The number of halogens is 1. The molecule has 5 heteroatoms. The van der Waals surface area contributed by atoms with Crippen molar-refractivity contribution in [3.8, 4) is 5.75 Å². The van der Waals surface area contributed by atoms with Crippen molar-refractivity contribution < 1.29 is 4.74 Å². The number of isothiocyanates is 1. The number of aliphatic imine (C=N–C) groups is 1. The van der Waals surface area contributed by atoms with E-state index in [2.05, 4.69) is 41.1 Å². The van der Waals surface area contributed by atoms with Crippen LogP contribution in [0, 0.1) is 5.92 Å². The Balaban J connectivity index is 1.89. The van der Waals surface area contributed by atoms with Crippen molar-refractivity contribution >= 4 is 34.7 Å². The van der Waals surface area contributed by atoms with Crippen molar-refractivity contribution in [2.45, 2.75) is 32.7 Å². The first kappa shape index (κ1) is 16.4. The number of piperidine rings is 1. The van der Waals surface area contributed by atoms with Crippen LogP contribution in [-0.4, -0.2) is 35.8 Å². The molecule has 1 aromatic carbocycles. The van der Waals surface area contributed by atoms with Crippen molar-refractivity contribution in [1.82, 2.24) is 4.90 Å². The highest BCUT2D eigenvalue weighted by molar-refractivity contribution is 7.78. The molecule has 0 bridgehead atoms. The van der Waals surface area contributed by atoms with E-state index < -0.39 is 0 Å². The Morgan fingerprint density at radius 2 is 2.14 bits per heavy atom. The summed E-state index contributed by atoms with van der Waals surface area (Å²) in [5.74, 6) is 1.27. The fraction of sp³-hybridized carbons (Fsp3) is 0.562. The van der Waals surface area contributed by atoms with E-state index in [9.17, 15) is 0 Å². The number of rotatable bonds is 5. The van der Waals surface area contributed by atoms with E-state index in [1.807, 2.05) is 6.07 Å². The average Bonchev–Trinajstić information content (AvgIpc) is 2.48. The van der Waals surface area contributed by atoms with E-state index >= 15 is 0 Å². The molecule has 114 valence electrons. The number of hydrogen-bond donors (Lipinski definition) is 0. The molecule has 3 nitrogen and oxygen atoms in total. The maximum Gasteiger partial charge on any atom is 0.140 e. The molecule has 0 saturated carbocycles. The number of thiocarbonyl (C=S) groups is 1. The lowest BCUT2D eigenvalue weighted by Crippen LogP contribution is -2.39. The molecule has 1 aromatic rings. The first-order valence-corrected chi connectivity index (χ1v) is 8.13. The van der Waals surface area contributed by atoms with Crippen molar-refractivity contribution in [2.24, 2.45) is 10.9 Å². The predicted octanol–water partition coefficient (Wildman–Crippen LogP) is 4.57. The molecule has 21 heavy (non-hydrogen) atoms. The van der Waals surface area contributed by atoms with E-state index in [-0.39, 0.29) is 0 Å². The summed E-state index contributed by atoms with van der Waals surface area (Å²) >= 11 is 10.8. The van der Waals surface area contributed by atoms with Gasteiger partial charge in [0.15, 0.2) is 0 Å². The van der Waals surface area contributed by atoms with Gasteiger partial charge < -0.3 is 9.64 Å². The second kappa shape index (κ2) is 7.90. The van der Waals surface area contributed by atoms with Crippen molar-refractivity contribution in [1.29, 1.82) is 0 Å². The van der Waals surface area contributed by atoms with Gasteiger partial charge in [-0.25, -0.2) is 0 Å². The Hall–Kier alpha value is -0.930. The fourth-order valence-electron chi connectivity index (χ4n) is 2.57. The molecule has 0 unspecified atom stereocenters. The molecule has 1 saturated heterocycles. The monoisotopic (exact) mass is 324 g/mol. The quantitative estimate of drug-likeness (QED) is 0.585. The molecule has 1 aliphatic heterocycles. The van der Waals surface area contributed by atoms with Gasteiger partial charge in [0.1, 0.15) is 5.75 Å². The maximum absolute atomic E-state index is 6.16. The Kier molecular flexibility index (Phi) is 6.19. The largest absolute Gasteiger partial charge is 0.492 e. The summed E-state index contributed by atoms with van der Waals surface area (Å²) in [6, 6.07) is 6.02. The van der Waals surface area contributed by atoms with E-state index in [0.717, 1.165) is 18.8 Å². The lowest BCUT2D eigenvalue weighted by molar-refractivity contribution is 0.119. The van der Waals surface area contributed by atoms with Gasteiger partial charge in [0.2, 0.25) is 0 Å². The Morgan fingerprint density at radius 1 is 1.43 bits per heavy atom.